The van der Waals surface area contributed by atoms with E-state index in [1.54, 1.807) is 0 Å². The van der Waals surface area contributed by atoms with Crippen LogP contribution < -0.4 is 4.90 Å². The SMILES string of the molecule is O=C(O)c1cc(N(CC(F)(F)F)C2CC2)cs1. The first-order chi connectivity index (χ1) is 7.87. The van der Waals surface area contributed by atoms with Crippen LogP contribution in [0.4, 0.5) is 18.9 Å². The number of hydrogen-bond donors (Lipinski definition) is 1. The Kier molecular flexibility index (Phi) is 3.03. The number of hydrogen-bond acceptors (Lipinski definition) is 3. The van der Waals surface area contributed by atoms with E-state index in [-0.39, 0.29) is 10.9 Å². The number of alkyl halides is 3. The van der Waals surface area contributed by atoms with Crippen LogP contribution in [0.2, 0.25) is 0 Å². The molecule has 7 heteroatoms. The lowest BCUT2D eigenvalue weighted by Crippen LogP contribution is -2.35. The molecule has 0 saturated heterocycles. The van der Waals surface area contributed by atoms with Crippen molar-refractivity contribution in [3.63, 3.8) is 0 Å². The van der Waals surface area contributed by atoms with Crippen LogP contribution in [0.1, 0.15) is 22.5 Å². The smallest absolute Gasteiger partial charge is 0.405 e. The van der Waals surface area contributed by atoms with Crippen LogP contribution in [0.15, 0.2) is 11.4 Å². The van der Waals surface area contributed by atoms with Gasteiger partial charge in [0.2, 0.25) is 0 Å². The van der Waals surface area contributed by atoms with Crippen molar-refractivity contribution in [1.29, 1.82) is 0 Å². The Morgan fingerprint density at radius 2 is 2.18 bits per heavy atom. The zero-order valence-electron chi connectivity index (χ0n) is 8.70. The van der Waals surface area contributed by atoms with Gasteiger partial charge >= 0.3 is 12.1 Å². The summed E-state index contributed by atoms with van der Waals surface area (Å²) >= 11 is 0.949. The van der Waals surface area contributed by atoms with E-state index in [0.717, 1.165) is 24.2 Å². The molecule has 0 amide bonds. The Balaban J connectivity index is 2.17. The van der Waals surface area contributed by atoms with Crippen LogP contribution >= 0.6 is 11.3 Å². The average molecular weight is 265 g/mol. The average Bonchev–Trinajstić information content (AvgIpc) is 2.90. The first-order valence-electron chi connectivity index (χ1n) is 5.02. The van der Waals surface area contributed by atoms with Crippen LogP contribution in [0.25, 0.3) is 0 Å². The van der Waals surface area contributed by atoms with E-state index in [9.17, 15) is 18.0 Å². The molecule has 1 aromatic heterocycles. The maximum absolute atomic E-state index is 12.4. The standard InChI is InChI=1S/C10H10F3NO2S/c11-10(12,13)5-14(6-1-2-6)7-3-8(9(15)16)17-4-7/h3-4,6H,1-2,5H2,(H,15,16). The van der Waals surface area contributed by atoms with Crippen molar-refractivity contribution in [2.24, 2.45) is 0 Å². The minimum atomic E-state index is -4.27. The highest BCUT2D eigenvalue weighted by atomic mass is 32.1. The molecular weight excluding hydrogens is 255 g/mol. The fourth-order valence-electron chi connectivity index (χ4n) is 1.60. The Morgan fingerprint density at radius 3 is 2.59 bits per heavy atom. The van der Waals surface area contributed by atoms with Gasteiger partial charge in [0.05, 0.1) is 0 Å². The van der Waals surface area contributed by atoms with Crippen LogP contribution in [0, 0.1) is 0 Å². The third kappa shape index (κ3) is 3.12. The third-order valence-corrected chi connectivity index (χ3v) is 3.37. The Morgan fingerprint density at radius 1 is 1.53 bits per heavy atom. The predicted molar refractivity (Wildman–Crippen MR) is 57.7 cm³/mol. The van der Waals surface area contributed by atoms with Crippen molar-refractivity contribution in [3.8, 4) is 0 Å². The number of aromatic carboxylic acids is 1. The molecule has 0 bridgehead atoms. The zero-order valence-corrected chi connectivity index (χ0v) is 9.51. The molecule has 3 nitrogen and oxygen atoms in total. The lowest BCUT2D eigenvalue weighted by Gasteiger charge is -2.24. The van der Waals surface area contributed by atoms with Gasteiger partial charge < -0.3 is 10.0 Å². The molecule has 0 aromatic carbocycles. The second kappa shape index (κ2) is 4.21. The Hall–Kier alpha value is -1.24. The molecular formula is C10H10F3NO2S. The third-order valence-electron chi connectivity index (χ3n) is 2.47. The van der Waals surface area contributed by atoms with E-state index in [4.69, 9.17) is 5.11 Å². The molecule has 1 aliphatic rings. The quantitative estimate of drug-likeness (QED) is 0.909. The molecule has 17 heavy (non-hydrogen) atoms. The first kappa shape index (κ1) is 12.2. The maximum atomic E-state index is 12.4. The molecule has 1 aliphatic carbocycles. The second-order valence-corrected chi connectivity index (χ2v) is 4.86. The second-order valence-electron chi connectivity index (χ2n) is 3.95. The fourth-order valence-corrected chi connectivity index (χ4v) is 2.34. The van der Waals surface area contributed by atoms with Crippen molar-refractivity contribution in [2.45, 2.75) is 25.1 Å². The van der Waals surface area contributed by atoms with Gasteiger partial charge in [-0.05, 0) is 18.9 Å². The first-order valence-corrected chi connectivity index (χ1v) is 5.90. The molecule has 2 rings (SSSR count). The summed E-state index contributed by atoms with van der Waals surface area (Å²) in [6.07, 6.45) is -2.81. The number of carbonyl (C=O) groups is 1. The van der Waals surface area contributed by atoms with E-state index in [1.165, 1.54) is 16.3 Å². The number of halogens is 3. The van der Waals surface area contributed by atoms with Crippen LogP contribution in [-0.4, -0.2) is 29.8 Å². The fraction of sp³-hybridized carbons (Fsp3) is 0.500. The summed E-state index contributed by atoms with van der Waals surface area (Å²) in [6.45, 7) is -1.02. The summed E-state index contributed by atoms with van der Waals surface area (Å²) in [5, 5.41) is 10.2. The van der Waals surface area contributed by atoms with E-state index >= 15 is 0 Å². The van der Waals surface area contributed by atoms with Gasteiger partial charge in [-0.3, -0.25) is 0 Å². The van der Waals surface area contributed by atoms with Crippen molar-refractivity contribution in [1.82, 2.24) is 0 Å². The van der Waals surface area contributed by atoms with Crippen molar-refractivity contribution < 1.29 is 23.1 Å². The summed E-state index contributed by atoms with van der Waals surface area (Å²) < 4.78 is 37.2. The van der Waals surface area contributed by atoms with Gasteiger partial charge in [0.1, 0.15) is 11.4 Å². The Labute approximate surface area is 99.5 Å². The van der Waals surface area contributed by atoms with Crippen molar-refractivity contribution in [3.05, 3.63) is 16.3 Å². The number of carboxylic acid groups (broad SMARTS) is 1. The largest absolute Gasteiger partial charge is 0.477 e. The predicted octanol–water partition coefficient (Wildman–Crippen LogP) is 2.98. The van der Waals surface area contributed by atoms with Crippen LogP contribution in [0.3, 0.4) is 0 Å². The summed E-state index contributed by atoms with van der Waals surface area (Å²) in [4.78, 5) is 12.0. The van der Waals surface area contributed by atoms with E-state index in [1.807, 2.05) is 0 Å². The van der Waals surface area contributed by atoms with E-state index in [2.05, 4.69) is 0 Å². The zero-order chi connectivity index (χ0) is 12.6. The molecule has 0 atom stereocenters. The molecule has 0 unspecified atom stereocenters. The Bertz CT molecular complexity index is 425. The highest BCUT2D eigenvalue weighted by Crippen LogP contribution is 2.36. The summed E-state index contributed by atoms with van der Waals surface area (Å²) in [7, 11) is 0. The van der Waals surface area contributed by atoms with Gasteiger partial charge in [-0.25, -0.2) is 4.79 Å². The summed E-state index contributed by atoms with van der Waals surface area (Å²) in [6, 6.07) is 1.20. The van der Waals surface area contributed by atoms with Gasteiger partial charge in [-0.2, -0.15) is 13.2 Å². The number of rotatable bonds is 4. The van der Waals surface area contributed by atoms with Gasteiger partial charge in [0, 0.05) is 17.1 Å². The van der Waals surface area contributed by atoms with E-state index in [0.29, 0.717) is 5.69 Å². The molecule has 94 valence electrons. The molecule has 0 aliphatic heterocycles. The highest BCUT2D eigenvalue weighted by molar-refractivity contribution is 7.12. The topological polar surface area (TPSA) is 40.5 Å². The van der Waals surface area contributed by atoms with Crippen molar-refractivity contribution in [2.75, 3.05) is 11.4 Å². The van der Waals surface area contributed by atoms with Gasteiger partial charge in [0.15, 0.2) is 0 Å². The lowest BCUT2D eigenvalue weighted by molar-refractivity contribution is -0.119. The number of carboxylic acids is 1. The normalized spacial score (nSPS) is 15.9. The van der Waals surface area contributed by atoms with Crippen LogP contribution in [-0.2, 0) is 0 Å². The monoisotopic (exact) mass is 265 g/mol. The summed E-state index contributed by atoms with van der Waals surface area (Å²) in [5.74, 6) is -1.11. The molecule has 1 saturated carbocycles. The number of nitrogens with zero attached hydrogens (tertiary/aromatic N) is 1. The van der Waals surface area contributed by atoms with Crippen LogP contribution in [0.5, 0.6) is 0 Å². The molecule has 1 heterocycles. The maximum Gasteiger partial charge on any atom is 0.405 e. The molecule has 0 radical (unpaired) electrons. The highest BCUT2D eigenvalue weighted by Gasteiger charge is 2.38. The number of anilines is 1. The molecule has 1 aromatic rings. The van der Waals surface area contributed by atoms with Gasteiger partial charge in [0.25, 0.3) is 0 Å². The van der Waals surface area contributed by atoms with Gasteiger partial charge in [-0.1, -0.05) is 0 Å². The summed E-state index contributed by atoms with van der Waals surface area (Å²) in [5.41, 5.74) is 0.354. The minimum absolute atomic E-state index is 0.0628. The molecule has 1 fully saturated rings. The van der Waals surface area contributed by atoms with Gasteiger partial charge in [-0.15, -0.1) is 11.3 Å². The molecule has 1 N–H and O–H groups in total. The molecule has 0 spiro atoms. The minimum Gasteiger partial charge on any atom is -0.477 e. The number of thiophene rings is 1. The lowest BCUT2D eigenvalue weighted by atomic mass is 10.3. The van der Waals surface area contributed by atoms with Crippen molar-refractivity contribution >= 4 is 23.0 Å². The van der Waals surface area contributed by atoms with E-state index < -0.39 is 18.7 Å².